The van der Waals surface area contributed by atoms with Crippen molar-refractivity contribution in [2.24, 2.45) is 10.4 Å². The maximum absolute atomic E-state index is 5.59. The molecule has 2 atom stereocenters. The fourth-order valence-corrected chi connectivity index (χ4v) is 3.05. The van der Waals surface area contributed by atoms with Gasteiger partial charge in [0.25, 0.3) is 0 Å². The van der Waals surface area contributed by atoms with Gasteiger partial charge in [-0.25, -0.2) is 0 Å². The number of hydrogen-bond acceptors (Lipinski definition) is 4. The number of piperazine rings is 1. The number of hydrogen-bond donors (Lipinski definition) is 2. The molecule has 24 heavy (non-hydrogen) atoms. The maximum atomic E-state index is 5.59. The number of nitrogens with one attached hydrogen (secondary N) is 2. The van der Waals surface area contributed by atoms with E-state index in [-0.39, 0.29) is 11.5 Å². The predicted octanol–water partition coefficient (Wildman–Crippen LogP) is 1.24. The van der Waals surface area contributed by atoms with Crippen LogP contribution < -0.4 is 10.6 Å². The molecule has 0 radical (unpaired) electrons. The minimum Gasteiger partial charge on any atom is -0.379 e. The smallest absolute Gasteiger partial charge is 0.191 e. The van der Waals surface area contributed by atoms with Crippen LogP contribution in [0.3, 0.4) is 0 Å². The molecule has 1 saturated heterocycles. The molecule has 2 unspecified atom stereocenters. The van der Waals surface area contributed by atoms with Gasteiger partial charge < -0.3 is 20.3 Å². The van der Waals surface area contributed by atoms with Crippen molar-refractivity contribution in [3.8, 4) is 0 Å². The molecule has 0 spiro atoms. The normalized spacial score (nSPS) is 20.7. The Morgan fingerprint density at radius 2 is 1.71 bits per heavy atom. The van der Waals surface area contributed by atoms with Crippen molar-refractivity contribution in [3.05, 3.63) is 0 Å². The van der Waals surface area contributed by atoms with Crippen LogP contribution in [-0.2, 0) is 4.74 Å². The first-order valence-electron chi connectivity index (χ1n) is 9.25. The topological polar surface area (TPSA) is 52.1 Å². The number of nitrogens with zero attached hydrogens (tertiary/aromatic N) is 3. The molecule has 1 fully saturated rings. The first-order chi connectivity index (χ1) is 11.3. The van der Waals surface area contributed by atoms with Gasteiger partial charge in [-0.15, -0.1) is 0 Å². The zero-order chi connectivity index (χ0) is 18.2. The monoisotopic (exact) mass is 341 g/mol. The van der Waals surface area contributed by atoms with Crippen LogP contribution in [0.25, 0.3) is 0 Å². The van der Waals surface area contributed by atoms with Gasteiger partial charge in [-0.05, 0) is 18.9 Å². The molecular weight excluding hydrogens is 302 g/mol. The second kappa shape index (κ2) is 10.2. The number of ether oxygens (including phenoxy) is 1. The van der Waals surface area contributed by atoms with Crippen LogP contribution in [0.1, 0.15) is 34.6 Å². The van der Waals surface area contributed by atoms with Crippen LogP contribution >= 0.6 is 0 Å². The second-order valence-electron chi connectivity index (χ2n) is 7.74. The molecule has 1 aliphatic rings. The van der Waals surface area contributed by atoms with E-state index < -0.39 is 0 Å². The van der Waals surface area contributed by atoms with Gasteiger partial charge in [-0.3, -0.25) is 9.89 Å². The van der Waals surface area contributed by atoms with E-state index in [0.29, 0.717) is 6.04 Å². The molecule has 0 aromatic heterocycles. The fraction of sp³-hybridized carbons (Fsp3) is 0.944. The van der Waals surface area contributed by atoms with Crippen molar-refractivity contribution in [1.29, 1.82) is 0 Å². The SMILES string of the molecule is CCN1CCN(C(C)CNC(=NC)NCC(OC)C(C)(C)C)CC1. The maximum Gasteiger partial charge on any atom is 0.191 e. The molecule has 1 rings (SSSR count). The van der Waals surface area contributed by atoms with Gasteiger partial charge >= 0.3 is 0 Å². The fourth-order valence-electron chi connectivity index (χ4n) is 3.05. The second-order valence-corrected chi connectivity index (χ2v) is 7.74. The molecule has 6 nitrogen and oxygen atoms in total. The third kappa shape index (κ3) is 6.95. The van der Waals surface area contributed by atoms with Crippen molar-refractivity contribution in [3.63, 3.8) is 0 Å². The lowest BCUT2D eigenvalue weighted by Gasteiger charge is -2.37. The molecule has 0 aromatic carbocycles. The average Bonchev–Trinajstić information content (AvgIpc) is 2.56. The van der Waals surface area contributed by atoms with Gasteiger partial charge in [0.05, 0.1) is 6.10 Å². The van der Waals surface area contributed by atoms with Crippen LogP contribution in [0.2, 0.25) is 0 Å². The van der Waals surface area contributed by atoms with Crippen LogP contribution in [0.5, 0.6) is 0 Å². The molecule has 1 aliphatic heterocycles. The van der Waals surface area contributed by atoms with E-state index in [1.807, 2.05) is 7.05 Å². The lowest BCUT2D eigenvalue weighted by atomic mass is 9.89. The zero-order valence-corrected chi connectivity index (χ0v) is 16.9. The molecule has 0 aliphatic carbocycles. The van der Waals surface area contributed by atoms with Crippen molar-refractivity contribution in [2.45, 2.75) is 46.8 Å². The minimum atomic E-state index is 0.104. The Kier molecular flexibility index (Phi) is 9.02. The Balaban J connectivity index is 2.36. The molecule has 6 heteroatoms. The summed E-state index contributed by atoms with van der Waals surface area (Å²) in [5.74, 6) is 0.848. The van der Waals surface area contributed by atoms with E-state index in [9.17, 15) is 0 Å². The van der Waals surface area contributed by atoms with Crippen LogP contribution in [0, 0.1) is 5.41 Å². The molecule has 0 aromatic rings. The van der Waals surface area contributed by atoms with E-state index in [0.717, 1.165) is 38.7 Å². The number of aliphatic imine (C=N–C) groups is 1. The Bertz CT molecular complexity index is 372. The summed E-state index contributed by atoms with van der Waals surface area (Å²) >= 11 is 0. The quantitative estimate of drug-likeness (QED) is 0.539. The van der Waals surface area contributed by atoms with Gasteiger partial charge in [0.15, 0.2) is 5.96 Å². The first kappa shape index (κ1) is 21.2. The molecule has 0 saturated carbocycles. The van der Waals surface area contributed by atoms with E-state index in [4.69, 9.17) is 4.74 Å². The predicted molar refractivity (Wildman–Crippen MR) is 103 cm³/mol. The minimum absolute atomic E-state index is 0.104. The largest absolute Gasteiger partial charge is 0.379 e. The summed E-state index contributed by atoms with van der Waals surface area (Å²) in [6.45, 7) is 18.6. The summed E-state index contributed by atoms with van der Waals surface area (Å²) < 4.78 is 5.59. The van der Waals surface area contributed by atoms with E-state index >= 15 is 0 Å². The van der Waals surface area contributed by atoms with E-state index in [1.165, 1.54) is 13.1 Å². The Hall–Kier alpha value is -0.850. The lowest BCUT2D eigenvalue weighted by Crippen LogP contribution is -2.53. The van der Waals surface area contributed by atoms with Crippen molar-refractivity contribution >= 4 is 5.96 Å². The lowest BCUT2D eigenvalue weighted by molar-refractivity contribution is 0.0205. The van der Waals surface area contributed by atoms with Crippen LogP contribution in [-0.4, -0.2) is 87.9 Å². The average molecular weight is 342 g/mol. The number of guanidine groups is 1. The van der Waals surface area contributed by atoms with Gasteiger partial charge in [0.2, 0.25) is 0 Å². The third-order valence-corrected chi connectivity index (χ3v) is 4.97. The molecule has 0 amide bonds. The van der Waals surface area contributed by atoms with Gasteiger partial charge in [0.1, 0.15) is 0 Å². The Labute approximate surface area is 149 Å². The molecule has 1 heterocycles. The summed E-state index contributed by atoms with van der Waals surface area (Å²) in [4.78, 5) is 9.39. The third-order valence-electron chi connectivity index (χ3n) is 4.97. The van der Waals surface area contributed by atoms with Gasteiger partial charge in [-0.1, -0.05) is 27.7 Å². The van der Waals surface area contributed by atoms with Crippen molar-refractivity contribution < 1.29 is 4.74 Å². The number of likely N-dealkylation sites (N-methyl/N-ethyl adjacent to an activating group) is 1. The highest BCUT2D eigenvalue weighted by atomic mass is 16.5. The molecule has 2 N–H and O–H groups in total. The Morgan fingerprint density at radius 3 is 2.17 bits per heavy atom. The molecular formula is C18H39N5O. The van der Waals surface area contributed by atoms with Gasteiger partial charge in [-0.2, -0.15) is 0 Å². The highest BCUT2D eigenvalue weighted by molar-refractivity contribution is 5.79. The zero-order valence-electron chi connectivity index (χ0n) is 16.9. The number of methoxy groups -OCH3 is 1. The summed E-state index contributed by atoms with van der Waals surface area (Å²) in [7, 11) is 3.59. The van der Waals surface area contributed by atoms with E-state index in [2.05, 4.69) is 60.0 Å². The summed E-state index contributed by atoms with van der Waals surface area (Å²) in [5, 5.41) is 6.84. The molecule has 0 bridgehead atoms. The first-order valence-corrected chi connectivity index (χ1v) is 9.25. The number of rotatable bonds is 7. The Morgan fingerprint density at radius 1 is 1.12 bits per heavy atom. The van der Waals surface area contributed by atoms with Gasteiger partial charge in [0, 0.05) is 59.5 Å². The highest BCUT2D eigenvalue weighted by Crippen LogP contribution is 2.20. The summed E-state index contributed by atoms with van der Waals surface area (Å²) in [5.41, 5.74) is 0.104. The van der Waals surface area contributed by atoms with Crippen LogP contribution in [0.15, 0.2) is 4.99 Å². The summed E-state index contributed by atoms with van der Waals surface area (Å²) in [6.07, 6.45) is 0.149. The van der Waals surface area contributed by atoms with Crippen molar-refractivity contribution in [2.75, 3.05) is 60.0 Å². The molecule has 142 valence electrons. The van der Waals surface area contributed by atoms with E-state index in [1.54, 1.807) is 7.11 Å². The summed E-state index contributed by atoms with van der Waals surface area (Å²) in [6, 6.07) is 0.503. The highest BCUT2D eigenvalue weighted by Gasteiger charge is 2.24. The standard InChI is InChI=1S/C18H39N5O/c1-8-22-9-11-23(12-10-22)15(2)13-20-17(19-6)21-14-16(24-7)18(3,4)5/h15-16H,8-14H2,1-7H3,(H2,19,20,21). The van der Waals surface area contributed by atoms with Crippen molar-refractivity contribution in [1.82, 2.24) is 20.4 Å². The van der Waals surface area contributed by atoms with Crippen LogP contribution in [0.4, 0.5) is 0 Å².